The van der Waals surface area contributed by atoms with Gasteiger partial charge in [-0.3, -0.25) is 9.40 Å². The van der Waals surface area contributed by atoms with Crippen LogP contribution in [-0.2, 0) is 14.8 Å². The van der Waals surface area contributed by atoms with Gasteiger partial charge in [-0.25, -0.2) is 25.5 Å². The highest BCUT2D eigenvalue weighted by atomic mass is 127. The first-order valence-electron chi connectivity index (χ1n) is 13.6. The van der Waals surface area contributed by atoms with E-state index in [1.807, 2.05) is 54.5 Å². The van der Waals surface area contributed by atoms with E-state index in [1.54, 1.807) is 22.0 Å². The molecule has 4 heterocycles. The first kappa shape index (κ1) is 32.7. The summed E-state index contributed by atoms with van der Waals surface area (Å²) in [5.41, 5.74) is 7.37. The fraction of sp³-hybridized carbons (Fsp3) is 0.407. The Bertz CT molecular complexity index is 1860. The maximum Gasteiger partial charge on any atom is 0.410 e. The molecule has 0 aliphatic carbocycles. The van der Waals surface area contributed by atoms with E-state index in [1.165, 1.54) is 8.96 Å². The largest absolute Gasteiger partial charge is 0.444 e. The molecule has 5 rings (SSSR count). The Labute approximate surface area is 269 Å². The van der Waals surface area contributed by atoms with Gasteiger partial charge < -0.3 is 15.4 Å². The molecule has 1 aromatic carbocycles. The average molecular weight is 765 g/mol. The summed E-state index contributed by atoms with van der Waals surface area (Å²) in [6.45, 7) is 6.51. The van der Waals surface area contributed by atoms with Gasteiger partial charge in [-0.1, -0.05) is 6.07 Å². The molecule has 18 heteroatoms. The van der Waals surface area contributed by atoms with Crippen molar-refractivity contribution in [2.24, 2.45) is 0 Å². The molecule has 1 aliphatic heterocycles. The normalized spacial score (nSPS) is 15.1. The third kappa shape index (κ3) is 7.42. The van der Waals surface area contributed by atoms with E-state index in [2.05, 4.69) is 15.2 Å². The first-order valence-corrected chi connectivity index (χ1v) is 16.3. The zero-order chi connectivity index (χ0) is 32.9. The van der Waals surface area contributed by atoms with Crippen molar-refractivity contribution in [3.63, 3.8) is 0 Å². The summed E-state index contributed by atoms with van der Waals surface area (Å²) >= 11 is 1.94. The number of anilines is 2. The number of nitrogen functional groups attached to an aromatic ring is 1. The Hall–Kier alpha value is -3.68. The minimum absolute atomic E-state index is 0.0461. The number of halogens is 5. The molecule has 1 aliphatic rings. The zero-order valence-electron chi connectivity index (χ0n) is 24.3. The van der Waals surface area contributed by atoms with Gasteiger partial charge in [-0.05, 0) is 45.7 Å². The van der Waals surface area contributed by atoms with Crippen LogP contribution in [0.1, 0.15) is 39.7 Å². The van der Waals surface area contributed by atoms with Crippen molar-refractivity contribution in [1.29, 1.82) is 0 Å². The van der Waals surface area contributed by atoms with Crippen molar-refractivity contribution in [3.8, 4) is 22.4 Å². The number of hydrogen-bond donors (Lipinski definition) is 2. The van der Waals surface area contributed by atoms with Crippen LogP contribution in [0.5, 0.6) is 0 Å². The Morgan fingerprint density at radius 3 is 2.47 bits per heavy atom. The number of carbonyl (C=O) groups is 1. The molecule has 1 saturated heterocycles. The SMILES string of the molecule is CC(C)(C)OC(=O)N1CCC(n2cc(-c3cnc(N)c4c(-c5ccc(NS(=O)(=O)CC(F)(F)F)c(F)c5)nn(I)c34)cn2)CC1. The minimum atomic E-state index is -4.99. The Morgan fingerprint density at radius 2 is 1.84 bits per heavy atom. The van der Waals surface area contributed by atoms with Gasteiger partial charge in [0.2, 0.25) is 10.0 Å². The molecule has 3 N–H and O–H groups in total. The molecule has 0 spiro atoms. The van der Waals surface area contributed by atoms with E-state index in [4.69, 9.17) is 10.5 Å². The van der Waals surface area contributed by atoms with Crippen LogP contribution in [0, 0.1) is 5.82 Å². The monoisotopic (exact) mass is 764 g/mol. The molecule has 0 atom stereocenters. The number of nitrogens with zero attached hydrogens (tertiary/aromatic N) is 6. The standard InChI is InChI=1S/C27H29F4IN8O4S/c1-26(2,3)44-25(41)38-8-6-17(7-9-38)39-13-16(11-35-39)18-12-34-24(33)21-22(36-40(32)23(18)21)15-4-5-20(19(28)10-15)37-45(42,43)14-27(29,30)31/h4-5,10-13,17,37H,6-9,14H2,1-3H3,(H2,33,34). The summed E-state index contributed by atoms with van der Waals surface area (Å²) in [4.78, 5) is 18.4. The molecule has 0 bridgehead atoms. The third-order valence-corrected chi connectivity index (χ3v) is 8.89. The van der Waals surface area contributed by atoms with Crippen LogP contribution in [0.15, 0.2) is 36.8 Å². The highest BCUT2D eigenvalue weighted by molar-refractivity contribution is 14.1. The van der Waals surface area contributed by atoms with E-state index in [-0.39, 0.29) is 29.2 Å². The quantitative estimate of drug-likeness (QED) is 0.186. The van der Waals surface area contributed by atoms with E-state index in [9.17, 15) is 30.8 Å². The molecule has 0 radical (unpaired) electrons. The predicted molar refractivity (Wildman–Crippen MR) is 168 cm³/mol. The van der Waals surface area contributed by atoms with Crippen LogP contribution in [0.25, 0.3) is 33.3 Å². The lowest BCUT2D eigenvalue weighted by atomic mass is 10.0. The van der Waals surface area contributed by atoms with Crippen LogP contribution in [-0.4, -0.2) is 72.8 Å². The summed E-state index contributed by atoms with van der Waals surface area (Å²) in [5, 5.41) is 9.45. The molecule has 242 valence electrons. The Kier molecular flexibility index (Phi) is 8.66. The molecule has 12 nitrogen and oxygen atoms in total. The van der Waals surface area contributed by atoms with Gasteiger partial charge in [-0.2, -0.15) is 23.4 Å². The highest BCUT2D eigenvalue weighted by Gasteiger charge is 2.35. The highest BCUT2D eigenvalue weighted by Crippen LogP contribution is 2.39. The van der Waals surface area contributed by atoms with Gasteiger partial charge in [-0.15, -0.1) is 0 Å². The maximum absolute atomic E-state index is 14.9. The molecule has 1 amide bonds. The number of benzene rings is 1. The third-order valence-electron chi connectivity index (χ3n) is 6.95. The van der Waals surface area contributed by atoms with Crippen LogP contribution in [0.4, 0.5) is 33.9 Å². The van der Waals surface area contributed by atoms with E-state index in [0.717, 1.165) is 12.1 Å². The van der Waals surface area contributed by atoms with Crippen LogP contribution < -0.4 is 10.5 Å². The van der Waals surface area contributed by atoms with Crippen molar-refractivity contribution >= 4 is 61.4 Å². The van der Waals surface area contributed by atoms with Crippen molar-refractivity contribution < 1.29 is 35.5 Å². The fourth-order valence-electron chi connectivity index (χ4n) is 5.02. The topological polar surface area (TPSA) is 150 Å². The van der Waals surface area contributed by atoms with Gasteiger partial charge in [0.1, 0.15) is 22.9 Å². The minimum Gasteiger partial charge on any atom is -0.444 e. The summed E-state index contributed by atoms with van der Waals surface area (Å²) in [5.74, 6) is -3.15. The molecule has 45 heavy (non-hydrogen) atoms. The Balaban J connectivity index is 1.40. The van der Waals surface area contributed by atoms with Gasteiger partial charge in [0, 0.05) is 42.2 Å². The summed E-state index contributed by atoms with van der Waals surface area (Å²) in [6.07, 6.45) is 1.14. The van der Waals surface area contributed by atoms with Gasteiger partial charge in [0.05, 0.1) is 51.7 Å². The summed E-state index contributed by atoms with van der Waals surface area (Å²) in [6, 6.07) is 3.34. The Morgan fingerprint density at radius 1 is 1.16 bits per heavy atom. The van der Waals surface area contributed by atoms with Crippen molar-refractivity contribution in [3.05, 3.63) is 42.6 Å². The maximum atomic E-state index is 14.9. The van der Waals surface area contributed by atoms with E-state index < -0.39 is 39.1 Å². The number of rotatable bonds is 6. The van der Waals surface area contributed by atoms with Crippen LogP contribution in [0.2, 0.25) is 0 Å². The molecule has 4 aromatic rings. The molecule has 3 aromatic heterocycles. The van der Waals surface area contributed by atoms with Crippen molar-refractivity contribution in [2.45, 2.75) is 51.4 Å². The number of likely N-dealkylation sites (tertiary alicyclic amines) is 1. The number of pyridine rings is 1. The fourth-order valence-corrected chi connectivity index (χ4v) is 6.74. The smallest absolute Gasteiger partial charge is 0.410 e. The molecular weight excluding hydrogens is 735 g/mol. The number of carbonyl (C=O) groups excluding carboxylic acids is 1. The first-order chi connectivity index (χ1) is 20.9. The number of hydrogen-bond acceptors (Lipinski definition) is 8. The second-order valence-corrected chi connectivity index (χ2v) is 14.2. The number of piperidine rings is 1. The van der Waals surface area contributed by atoms with Gasteiger partial charge in [0.15, 0.2) is 5.75 Å². The number of aromatic nitrogens is 5. The van der Waals surface area contributed by atoms with Gasteiger partial charge in [0.25, 0.3) is 0 Å². The lowest BCUT2D eigenvalue weighted by molar-refractivity contribution is -0.106. The summed E-state index contributed by atoms with van der Waals surface area (Å²) in [7, 11) is -4.88. The lowest BCUT2D eigenvalue weighted by Crippen LogP contribution is -2.42. The molecule has 0 unspecified atom stereocenters. The predicted octanol–water partition coefficient (Wildman–Crippen LogP) is 5.76. The second-order valence-electron chi connectivity index (χ2n) is 11.6. The lowest BCUT2D eigenvalue weighted by Gasteiger charge is -2.33. The van der Waals surface area contributed by atoms with E-state index in [0.29, 0.717) is 48.0 Å². The molecule has 1 fully saturated rings. The molecular formula is C27H29F4IN8O4S. The van der Waals surface area contributed by atoms with E-state index >= 15 is 0 Å². The zero-order valence-corrected chi connectivity index (χ0v) is 27.2. The molecule has 0 saturated carbocycles. The van der Waals surface area contributed by atoms with Crippen molar-refractivity contribution in [2.75, 3.05) is 29.3 Å². The number of nitrogens with two attached hydrogens (primary N) is 1. The number of fused-ring (bicyclic) bond motifs is 1. The second kappa shape index (κ2) is 11.9. The van der Waals surface area contributed by atoms with Crippen LogP contribution in [0.3, 0.4) is 0 Å². The van der Waals surface area contributed by atoms with Crippen molar-refractivity contribution in [1.82, 2.24) is 27.7 Å². The summed E-state index contributed by atoms with van der Waals surface area (Å²) < 4.78 is 86.9. The number of ether oxygens (including phenoxy) is 1. The van der Waals surface area contributed by atoms with Gasteiger partial charge >= 0.3 is 12.3 Å². The number of amides is 1. The average Bonchev–Trinajstić information content (AvgIpc) is 3.54. The number of alkyl halides is 3. The number of nitrogens with one attached hydrogen (secondary N) is 1. The van der Waals surface area contributed by atoms with Crippen LogP contribution >= 0.6 is 22.9 Å². The number of sulfonamides is 1.